The molecule has 1 aromatic rings. The Kier molecular flexibility index (Phi) is 4.83. The van der Waals surface area contributed by atoms with Crippen LogP contribution >= 0.6 is 0 Å². The lowest BCUT2D eigenvalue weighted by Gasteiger charge is -2.37. The number of carbonyl (C=O) groups excluding carboxylic acids is 1. The zero-order valence-electron chi connectivity index (χ0n) is 13.1. The van der Waals surface area contributed by atoms with Crippen molar-refractivity contribution in [3.8, 4) is 0 Å². The van der Waals surface area contributed by atoms with Crippen LogP contribution in [0.5, 0.6) is 0 Å². The minimum absolute atomic E-state index is 0.0348. The van der Waals surface area contributed by atoms with Crippen molar-refractivity contribution in [2.24, 2.45) is 5.73 Å². The fourth-order valence-electron chi connectivity index (χ4n) is 2.62. The van der Waals surface area contributed by atoms with Gasteiger partial charge in [0, 0.05) is 25.5 Å². The normalized spacial score (nSPS) is 19.4. The SMILES string of the molecule is CC(C)(C)OC(=O)N1CCCCC1c1cncc(CN)c1. The summed E-state index contributed by atoms with van der Waals surface area (Å²) in [5.41, 5.74) is 7.24. The molecular formula is C16H25N3O2. The second-order valence-electron chi connectivity index (χ2n) is 6.52. The quantitative estimate of drug-likeness (QED) is 0.909. The maximum Gasteiger partial charge on any atom is 0.410 e. The number of ether oxygens (including phenoxy) is 1. The summed E-state index contributed by atoms with van der Waals surface area (Å²) >= 11 is 0. The predicted octanol–water partition coefficient (Wildman–Crippen LogP) is 3.00. The Bertz CT molecular complexity index is 497. The fraction of sp³-hybridized carbons (Fsp3) is 0.625. The number of hydrogen-bond acceptors (Lipinski definition) is 4. The Morgan fingerprint density at radius 2 is 2.19 bits per heavy atom. The Balaban J connectivity index is 2.20. The number of likely N-dealkylation sites (tertiary alicyclic amines) is 1. The standard InChI is InChI=1S/C16H25N3O2/c1-16(2,3)21-15(20)19-7-5-4-6-14(19)13-8-12(9-17)10-18-11-13/h8,10-11,14H,4-7,9,17H2,1-3H3. The number of carbonyl (C=O) groups is 1. The van der Waals surface area contributed by atoms with Crippen molar-refractivity contribution in [2.45, 2.75) is 58.2 Å². The Morgan fingerprint density at radius 1 is 1.43 bits per heavy atom. The minimum atomic E-state index is -0.476. The van der Waals surface area contributed by atoms with Gasteiger partial charge in [-0.15, -0.1) is 0 Å². The van der Waals surface area contributed by atoms with E-state index in [1.165, 1.54) is 0 Å². The van der Waals surface area contributed by atoms with E-state index in [-0.39, 0.29) is 12.1 Å². The number of piperidine rings is 1. The van der Waals surface area contributed by atoms with E-state index >= 15 is 0 Å². The van der Waals surface area contributed by atoms with Crippen LogP contribution < -0.4 is 5.73 Å². The van der Waals surface area contributed by atoms with Crippen LogP contribution in [0.2, 0.25) is 0 Å². The van der Waals surface area contributed by atoms with Crippen LogP contribution in [0.1, 0.15) is 57.2 Å². The van der Waals surface area contributed by atoms with E-state index < -0.39 is 5.60 Å². The highest BCUT2D eigenvalue weighted by Gasteiger charge is 2.31. The van der Waals surface area contributed by atoms with Crippen LogP contribution in [0, 0.1) is 0 Å². The molecule has 1 aliphatic rings. The average molecular weight is 291 g/mol. The lowest BCUT2D eigenvalue weighted by Crippen LogP contribution is -2.41. The van der Waals surface area contributed by atoms with E-state index in [0.717, 1.165) is 36.9 Å². The van der Waals surface area contributed by atoms with Crippen molar-refractivity contribution in [3.05, 3.63) is 29.6 Å². The molecule has 0 aromatic carbocycles. The van der Waals surface area contributed by atoms with Gasteiger partial charge in [-0.25, -0.2) is 4.79 Å². The monoisotopic (exact) mass is 291 g/mol. The molecule has 1 unspecified atom stereocenters. The van der Waals surface area contributed by atoms with E-state index in [4.69, 9.17) is 10.5 Å². The van der Waals surface area contributed by atoms with Gasteiger partial charge in [0.15, 0.2) is 0 Å². The van der Waals surface area contributed by atoms with Crippen LogP contribution in [0.3, 0.4) is 0 Å². The van der Waals surface area contributed by atoms with Gasteiger partial charge >= 0.3 is 6.09 Å². The number of nitrogens with zero attached hydrogens (tertiary/aromatic N) is 2. The molecule has 0 spiro atoms. The van der Waals surface area contributed by atoms with Crippen molar-refractivity contribution in [3.63, 3.8) is 0 Å². The molecule has 1 amide bonds. The van der Waals surface area contributed by atoms with Crippen LogP contribution in [-0.2, 0) is 11.3 Å². The van der Waals surface area contributed by atoms with Gasteiger partial charge in [0.1, 0.15) is 5.60 Å². The number of aromatic nitrogens is 1. The van der Waals surface area contributed by atoms with E-state index in [0.29, 0.717) is 6.54 Å². The second-order valence-corrected chi connectivity index (χ2v) is 6.52. The summed E-state index contributed by atoms with van der Waals surface area (Å²) in [7, 11) is 0. The zero-order chi connectivity index (χ0) is 15.5. The molecule has 0 saturated carbocycles. The van der Waals surface area contributed by atoms with Crippen molar-refractivity contribution in [1.29, 1.82) is 0 Å². The van der Waals surface area contributed by atoms with Crippen molar-refractivity contribution < 1.29 is 9.53 Å². The summed E-state index contributed by atoms with van der Waals surface area (Å²) in [6, 6.07) is 2.08. The third kappa shape index (κ3) is 4.17. The number of rotatable bonds is 2. The third-order valence-electron chi connectivity index (χ3n) is 3.57. The van der Waals surface area contributed by atoms with E-state index in [2.05, 4.69) is 4.98 Å². The highest BCUT2D eigenvalue weighted by Crippen LogP contribution is 2.32. The van der Waals surface area contributed by atoms with E-state index in [9.17, 15) is 4.79 Å². The second kappa shape index (κ2) is 6.43. The molecule has 5 heteroatoms. The van der Waals surface area contributed by atoms with Crippen LogP contribution in [0.25, 0.3) is 0 Å². The maximum atomic E-state index is 12.4. The molecule has 5 nitrogen and oxygen atoms in total. The number of hydrogen-bond donors (Lipinski definition) is 1. The van der Waals surface area contributed by atoms with Gasteiger partial charge in [-0.1, -0.05) is 0 Å². The molecule has 0 aliphatic carbocycles. The number of pyridine rings is 1. The van der Waals surface area contributed by atoms with Gasteiger partial charge < -0.3 is 15.4 Å². The summed E-state index contributed by atoms with van der Waals surface area (Å²) in [6.45, 7) is 6.85. The molecule has 2 heterocycles. The Labute approximate surface area is 126 Å². The van der Waals surface area contributed by atoms with Gasteiger partial charge in [0.25, 0.3) is 0 Å². The lowest BCUT2D eigenvalue weighted by molar-refractivity contribution is 0.00947. The summed E-state index contributed by atoms with van der Waals surface area (Å²) in [5, 5.41) is 0. The van der Waals surface area contributed by atoms with E-state index in [1.807, 2.05) is 37.9 Å². The third-order valence-corrected chi connectivity index (χ3v) is 3.57. The molecule has 2 rings (SSSR count). The molecule has 1 fully saturated rings. The van der Waals surface area contributed by atoms with Gasteiger partial charge in [-0.3, -0.25) is 4.98 Å². The average Bonchev–Trinajstić information content (AvgIpc) is 2.45. The van der Waals surface area contributed by atoms with Crippen LogP contribution in [0.4, 0.5) is 4.79 Å². The van der Waals surface area contributed by atoms with Crippen LogP contribution in [0.15, 0.2) is 18.5 Å². The first-order valence-electron chi connectivity index (χ1n) is 7.54. The first kappa shape index (κ1) is 15.8. The summed E-state index contributed by atoms with van der Waals surface area (Å²) < 4.78 is 5.53. The topological polar surface area (TPSA) is 68.5 Å². The van der Waals surface area contributed by atoms with Gasteiger partial charge in [0.05, 0.1) is 6.04 Å². The minimum Gasteiger partial charge on any atom is -0.444 e. The molecule has 0 radical (unpaired) electrons. The van der Waals surface area contributed by atoms with Gasteiger partial charge in [-0.2, -0.15) is 0 Å². The Hall–Kier alpha value is -1.62. The first-order chi connectivity index (χ1) is 9.90. The lowest BCUT2D eigenvalue weighted by atomic mass is 9.96. The summed E-state index contributed by atoms with van der Waals surface area (Å²) in [5.74, 6) is 0. The van der Waals surface area contributed by atoms with Crippen molar-refractivity contribution >= 4 is 6.09 Å². The molecule has 1 saturated heterocycles. The van der Waals surface area contributed by atoms with Crippen molar-refractivity contribution in [1.82, 2.24) is 9.88 Å². The molecular weight excluding hydrogens is 266 g/mol. The predicted molar refractivity (Wildman–Crippen MR) is 81.7 cm³/mol. The maximum absolute atomic E-state index is 12.4. The molecule has 2 N–H and O–H groups in total. The molecule has 116 valence electrons. The molecule has 21 heavy (non-hydrogen) atoms. The summed E-state index contributed by atoms with van der Waals surface area (Å²) in [4.78, 5) is 18.5. The molecule has 1 aliphatic heterocycles. The highest BCUT2D eigenvalue weighted by atomic mass is 16.6. The first-order valence-corrected chi connectivity index (χ1v) is 7.54. The largest absolute Gasteiger partial charge is 0.444 e. The highest BCUT2D eigenvalue weighted by molar-refractivity contribution is 5.69. The number of amides is 1. The zero-order valence-corrected chi connectivity index (χ0v) is 13.1. The molecule has 1 atom stereocenters. The Morgan fingerprint density at radius 3 is 2.86 bits per heavy atom. The van der Waals surface area contributed by atoms with Gasteiger partial charge in [-0.05, 0) is 57.2 Å². The van der Waals surface area contributed by atoms with E-state index in [1.54, 1.807) is 6.20 Å². The summed E-state index contributed by atoms with van der Waals surface area (Å²) in [6.07, 6.45) is 6.41. The fourth-order valence-corrected chi connectivity index (χ4v) is 2.62. The molecule has 1 aromatic heterocycles. The number of nitrogens with two attached hydrogens (primary N) is 1. The smallest absolute Gasteiger partial charge is 0.410 e. The van der Waals surface area contributed by atoms with Gasteiger partial charge in [0.2, 0.25) is 0 Å². The van der Waals surface area contributed by atoms with Crippen molar-refractivity contribution in [2.75, 3.05) is 6.54 Å². The molecule has 0 bridgehead atoms. The van der Waals surface area contributed by atoms with Crippen LogP contribution in [-0.4, -0.2) is 28.1 Å².